The van der Waals surface area contributed by atoms with Gasteiger partial charge >= 0.3 is 0 Å². The van der Waals surface area contributed by atoms with Crippen LogP contribution in [0.25, 0.3) is 17.1 Å². The van der Waals surface area contributed by atoms with E-state index in [1.54, 1.807) is 24.1 Å². The Balaban J connectivity index is 1.90. The molecule has 2 heterocycles. The minimum atomic E-state index is -0.364. The fraction of sp³-hybridized carbons (Fsp3) is 0.130. The highest BCUT2D eigenvalue weighted by Crippen LogP contribution is 2.24. The van der Waals surface area contributed by atoms with Crippen molar-refractivity contribution in [2.45, 2.75) is 13.8 Å². The van der Waals surface area contributed by atoms with E-state index in [4.69, 9.17) is 0 Å². The number of rotatable bonds is 6. The van der Waals surface area contributed by atoms with Crippen LogP contribution in [0, 0.1) is 6.92 Å². The number of amides is 1. The van der Waals surface area contributed by atoms with Crippen molar-refractivity contribution in [3.63, 3.8) is 0 Å². The molecular weight excluding hydrogens is 362 g/mol. The molecule has 0 saturated carbocycles. The zero-order valence-corrected chi connectivity index (χ0v) is 16.8. The molecule has 0 radical (unpaired) electrons. The summed E-state index contributed by atoms with van der Waals surface area (Å²) < 4.78 is 1.63. The van der Waals surface area contributed by atoms with Crippen LogP contribution in [0.2, 0.25) is 0 Å². The number of carbonyl (C=O) groups excluding carboxylic acids is 1. The van der Waals surface area contributed by atoms with Gasteiger partial charge in [0.1, 0.15) is 11.4 Å². The maximum absolute atomic E-state index is 12.9. The number of aromatic nitrogens is 3. The number of nitrogens with one attached hydrogen (secondary N) is 1. The number of carbonyl (C=O) groups is 1. The molecule has 0 aliphatic heterocycles. The Morgan fingerprint density at radius 2 is 2.07 bits per heavy atom. The molecule has 146 valence electrons. The summed E-state index contributed by atoms with van der Waals surface area (Å²) in [6.07, 6.45) is 6.74. The Hall–Kier alpha value is -3.80. The molecule has 1 aromatic carbocycles. The summed E-state index contributed by atoms with van der Waals surface area (Å²) in [4.78, 5) is 21.7. The van der Waals surface area contributed by atoms with Gasteiger partial charge in [0.05, 0.1) is 17.1 Å². The van der Waals surface area contributed by atoms with Crippen molar-refractivity contribution in [1.82, 2.24) is 14.8 Å². The van der Waals surface area contributed by atoms with Crippen molar-refractivity contribution >= 4 is 23.0 Å². The maximum Gasteiger partial charge on any atom is 0.274 e. The SMILES string of the molecule is C=C/C(=N\C(=C/C)c1cccc(C)c1)C(=O)Nc1cn(C)nc1-c1ccccn1. The summed E-state index contributed by atoms with van der Waals surface area (Å²) in [5.41, 5.74) is 4.81. The number of aliphatic imine (C=N–C) groups is 1. The highest BCUT2D eigenvalue weighted by Gasteiger charge is 2.16. The number of allylic oxidation sites excluding steroid dienone is 1. The first-order valence-electron chi connectivity index (χ1n) is 9.22. The molecule has 3 rings (SSSR count). The van der Waals surface area contributed by atoms with Crippen LogP contribution in [0.4, 0.5) is 5.69 Å². The Bertz CT molecular complexity index is 1090. The van der Waals surface area contributed by atoms with Crippen LogP contribution in [-0.2, 0) is 11.8 Å². The quantitative estimate of drug-likeness (QED) is 0.639. The summed E-state index contributed by atoms with van der Waals surface area (Å²) in [5, 5.41) is 7.30. The molecule has 0 fully saturated rings. The van der Waals surface area contributed by atoms with Gasteiger partial charge in [-0.1, -0.05) is 42.5 Å². The number of hydrogen-bond donors (Lipinski definition) is 1. The molecule has 0 bridgehead atoms. The van der Waals surface area contributed by atoms with E-state index < -0.39 is 0 Å². The van der Waals surface area contributed by atoms with E-state index >= 15 is 0 Å². The fourth-order valence-corrected chi connectivity index (χ4v) is 2.88. The van der Waals surface area contributed by atoms with Gasteiger partial charge in [0.2, 0.25) is 0 Å². The van der Waals surface area contributed by atoms with Gasteiger partial charge in [0, 0.05) is 25.0 Å². The van der Waals surface area contributed by atoms with E-state index in [0.717, 1.165) is 11.1 Å². The highest BCUT2D eigenvalue weighted by molar-refractivity contribution is 6.47. The maximum atomic E-state index is 12.9. The number of pyridine rings is 1. The van der Waals surface area contributed by atoms with Gasteiger partial charge in [0.15, 0.2) is 0 Å². The molecule has 0 unspecified atom stereocenters. The Morgan fingerprint density at radius 3 is 2.72 bits per heavy atom. The highest BCUT2D eigenvalue weighted by atomic mass is 16.1. The smallest absolute Gasteiger partial charge is 0.274 e. The predicted octanol–water partition coefficient (Wildman–Crippen LogP) is 4.42. The molecular formula is C23H23N5O. The average Bonchev–Trinajstić information content (AvgIpc) is 3.09. The summed E-state index contributed by atoms with van der Waals surface area (Å²) in [6.45, 7) is 7.66. The molecule has 1 amide bonds. The largest absolute Gasteiger partial charge is 0.317 e. The van der Waals surface area contributed by atoms with Crippen LogP contribution in [0.1, 0.15) is 18.1 Å². The van der Waals surface area contributed by atoms with Gasteiger partial charge < -0.3 is 5.32 Å². The summed E-state index contributed by atoms with van der Waals surface area (Å²) >= 11 is 0. The lowest BCUT2D eigenvalue weighted by Gasteiger charge is -2.08. The third-order valence-electron chi connectivity index (χ3n) is 4.24. The molecule has 3 aromatic rings. The third-order valence-corrected chi connectivity index (χ3v) is 4.24. The van der Waals surface area contributed by atoms with Crippen molar-refractivity contribution in [3.05, 3.63) is 84.7 Å². The van der Waals surface area contributed by atoms with Gasteiger partial charge in [0.25, 0.3) is 5.91 Å². The number of aryl methyl sites for hydroxylation is 2. The van der Waals surface area contributed by atoms with Crippen molar-refractivity contribution in [1.29, 1.82) is 0 Å². The van der Waals surface area contributed by atoms with Crippen molar-refractivity contribution < 1.29 is 4.79 Å². The van der Waals surface area contributed by atoms with Crippen LogP contribution in [0.3, 0.4) is 0 Å². The minimum absolute atomic E-state index is 0.218. The van der Waals surface area contributed by atoms with Crippen LogP contribution < -0.4 is 5.32 Å². The molecule has 1 N–H and O–H groups in total. The van der Waals surface area contributed by atoms with Crippen molar-refractivity contribution in [2.75, 3.05) is 5.32 Å². The number of benzene rings is 1. The standard InChI is InChI=1S/C23H23N5O/c1-5-18(17-11-9-10-16(3)14-17)25-19(6-2)23(29)26-21-15-28(4)27-22(21)20-12-7-8-13-24-20/h5-15H,2H2,1,3-4H3,(H,26,29)/b18-5-,25-19+. The summed E-state index contributed by atoms with van der Waals surface area (Å²) in [5.74, 6) is -0.364. The third kappa shape index (κ3) is 4.73. The molecule has 2 aromatic heterocycles. The second-order valence-corrected chi connectivity index (χ2v) is 6.48. The van der Waals surface area contributed by atoms with E-state index in [1.807, 2.05) is 62.4 Å². The van der Waals surface area contributed by atoms with E-state index in [-0.39, 0.29) is 11.6 Å². The van der Waals surface area contributed by atoms with E-state index in [0.29, 0.717) is 22.8 Å². The van der Waals surface area contributed by atoms with E-state index in [2.05, 4.69) is 27.0 Å². The summed E-state index contributed by atoms with van der Waals surface area (Å²) in [6, 6.07) is 13.5. The minimum Gasteiger partial charge on any atom is -0.317 e. The first-order valence-corrected chi connectivity index (χ1v) is 9.22. The second-order valence-electron chi connectivity index (χ2n) is 6.48. The van der Waals surface area contributed by atoms with Gasteiger partial charge in [-0.25, -0.2) is 4.99 Å². The first-order chi connectivity index (χ1) is 14.0. The second kappa shape index (κ2) is 8.93. The first kappa shape index (κ1) is 19.9. The molecule has 0 saturated heterocycles. The van der Waals surface area contributed by atoms with Gasteiger partial charge in [-0.3, -0.25) is 14.5 Å². The molecule has 29 heavy (non-hydrogen) atoms. The van der Waals surface area contributed by atoms with Gasteiger partial charge in [-0.05, 0) is 38.1 Å². The number of hydrogen-bond acceptors (Lipinski definition) is 4. The molecule has 0 aliphatic carbocycles. The lowest BCUT2D eigenvalue weighted by molar-refractivity contribution is -0.110. The lowest BCUT2D eigenvalue weighted by atomic mass is 10.1. The van der Waals surface area contributed by atoms with Gasteiger partial charge in [-0.2, -0.15) is 5.10 Å². The Labute approximate surface area is 170 Å². The summed E-state index contributed by atoms with van der Waals surface area (Å²) in [7, 11) is 1.79. The fourth-order valence-electron chi connectivity index (χ4n) is 2.88. The topological polar surface area (TPSA) is 72.2 Å². The Kier molecular flexibility index (Phi) is 6.14. The predicted molar refractivity (Wildman–Crippen MR) is 118 cm³/mol. The lowest BCUT2D eigenvalue weighted by Crippen LogP contribution is -2.21. The monoisotopic (exact) mass is 385 g/mol. The zero-order valence-electron chi connectivity index (χ0n) is 16.8. The normalized spacial score (nSPS) is 12.0. The van der Waals surface area contributed by atoms with Crippen LogP contribution in [-0.4, -0.2) is 26.4 Å². The van der Waals surface area contributed by atoms with E-state index in [1.165, 1.54) is 6.08 Å². The number of nitrogens with zero attached hydrogens (tertiary/aromatic N) is 4. The van der Waals surface area contributed by atoms with Crippen LogP contribution in [0.15, 0.2) is 78.6 Å². The van der Waals surface area contributed by atoms with Crippen molar-refractivity contribution in [2.24, 2.45) is 12.0 Å². The number of anilines is 1. The Morgan fingerprint density at radius 1 is 1.24 bits per heavy atom. The van der Waals surface area contributed by atoms with E-state index in [9.17, 15) is 4.79 Å². The molecule has 0 spiro atoms. The molecule has 0 aliphatic rings. The van der Waals surface area contributed by atoms with Crippen LogP contribution >= 0.6 is 0 Å². The molecule has 6 heteroatoms. The zero-order chi connectivity index (χ0) is 20.8. The van der Waals surface area contributed by atoms with Gasteiger partial charge in [-0.15, -0.1) is 0 Å². The average molecular weight is 385 g/mol. The van der Waals surface area contributed by atoms with Crippen LogP contribution in [0.5, 0.6) is 0 Å². The molecule has 6 nitrogen and oxygen atoms in total. The van der Waals surface area contributed by atoms with Crippen molar-refractivity contribution in [3.8, 4) is 11.4 Å². The molecule has 0 atom stereocenters.